The molecule has 0 aliphatic rings. The number of imidazole rings is 1. The summed E-state index contributed by atoms with van der Waals surface area (Å²) in [6.45, 7) is 0. The molecule has 1 atom stereocenters. The van der Waals surface area contributed by atoms with Crippen LogP contribution in [0.4, 0.5) is 10.7 Å². The number of H-pyrrole nitrogens is 1. The fraction of sp³-hybridized carbons (Fsp3) is 0.182. The average Bonchev–Trinajstić information content (AvgIpc) is 2.92. The predicted molar refractivity (Wildman–Crippen MR) is 67.9 cm³/mol. The van der Waals surface area contributed by atoms with Crippen molar-refractivity contribution in [2.24, 2.45) is 0 Å². The van der Waals surface area contributed by atoms with Crippen LogP contribution in [0.2, 0.25) is 0 Å². The second kappa shape index (κ2) is 6.27. The number of nitrogens with one attached hydrogen (secondary N) is 3. The molecule has 0 radical (unpaired) electrons. The number of anilines is 1. The highest BCUT2D eigenvalue weighted by Gasteiger charge is 2.21. The molecule has 9 heteroatoms. The van der Waals surface area contributed by atoms with Crippen molar-refractivity contribution in [1.82, 2.24) is 25.3 Å². The van der Waals surface area contributed by atoms with Crippen LogP contribution in [0.1, 0.15) is 5.69 Å². The van der Waals surface area contributed by atoms with E-state index in [4.69, 9.17) is 5.11 Å². The molecule has 0 fully saturated rings. The lowest BCUT2D eigenvalue weighted by Gasteiger charge is -2.13. The summed E-state index contributed by atoms with van der Waals surface area (Å²) in [5.41, 5.74) is 0.605. The molecule has 2 heterocycles. The Labute approximate surface area is 113 Å². The predicted octanol–water partition coefficient (Wildman–Crippen LogP) is 0.0171. The Balaban J connectivity index is 1.94. The summed E-state index contributed by atoms with van der Waals surface area (Å²) in [6.07, 6.45) is 5.95. The molecule has 2 rings (SSSR count). The van der Waals surface area contributed by atoms with Gasteiger partial charge in [-0.15, -0.1) is 0 Å². The molecule has 0 saturated heterocycles. The van der Waals surface area contributed by atoms with Crippen molar-refractivity contribution < 1.29 is 14.7 Å². The standard InChI is InChI=1S/C11H12N6O3/c18-9(19)8(4-7-5-12-6-15-7)16-11(20)17-10-13-2-1-3-14-10/h1-3,5-6,8H,4H2,(H,12,15)(H,18,19)(H2,13,14,16,17,20)/t8-/m1/s1. The van der Waals surface area contributed by atoms with Gasteiger partial charge in [-0.3, -0.25) is 5.32 Å². The van der Waals surface area contributed by atoms with Crippen molar-refractivity contribution in [2.75, 3.05) is 5.32 Å². The number of urea groups is 1. The Morgan fingerprint density at radius 1 is 1.35 bits per heavy atom. The van der Waals surface area contributed by atoms with Gasteiger partial charge in [0.15, 0.2) is 0 Å². The summed E-state index contributed by atoms with van der Waals surface area (Å²) in [7, 11) is 0. The largest absolute Gasteiger partial charge is 0.480 e. The van der Waals surface area contributed by atoms with Gasteiger partial charge in [0, 0.05) is 30.7 Å². The van der Waals surface area contributed by atoms with Crippen molar-refractivity contribution in [3.8, 4) is 0 Å². The molecule has 0 bridgehead atoms. The molecular formula is C11H12N6O3. The summed E-state index contributed by atoms with van der Waals surface area (Å²) < 4.78 is 0. The molecule has 2 aromatic heterocycles. The minimum atomic E-state index is -1.15. The molecule has 4 N–H and O–H groups in total. The highest BCUT2D eigenvalue weighted by Crippen LogP contribution is 2.00. The number of aromatic amines is 1. The van der Waals surface area contributed by atoms with Gasteiger partial charge in [0.05, 0.1) is 6.33 Å². The smallest absolute Gasteiger partial charge is 0.326 e. The quantitative estimate of drug-likeness (QED) is 0.608. The molecule has 0 aliphatic heterocycles. The van der Waals surface area contributed by atoms with E-state index in [0.717, 1.165) is 0 Å². The number of aromatic nitrogens is 4. The molecule has 2 aromatic rings. The van der Waals surface area contributed by atoms with E-state index in [0.29, 0.717) is 5.69 Å². The first-order valence-corrected chi connectivity index (χ1v) is 5.70. The molecule has 0 unspecified atom stereocenters. The number of hydrogen-bond acceptors (Lipinski definition) is 5. The fourth-order valence-corrected chi connectivity index (χ4v) is 1.48. The molecular weight excluding hydrogens is 264 g/mol. The number of carboxylic acid groups (broad SMARTS) is 1. The normalized spacial score (nSPS) is 11.6. The van der Waals surface area contributed by atoms with Crippen LogP contribution in [0.3, 0.4) is 0 Å². The lowest BCUT2D eigenvalue weighted by molar-refractivity contribution is -0.139. The van der Waals surface area contributed by atoms with Crippen molar-refractivity contribution in [2.45, 2.75) is 12.5 Å². The zero-order valence-corrected chi connectivity index (χ0v) is 10.3. The Kier molecular flexibility index (Phi) is 4.22. The molecule has 0 saturated carbocycles. The maximum Gasteiger partial charge on any atom is 0.326 e. The first kappa shape index (κ1) is 13.5. The highest BCUT2D eigenvalue weighted by molar-refractivity contribution is 5.90. The molecule has 20 heavy (non-hydrogen) atoms. The van der Waals surface area contributed by atoms with E-state index in [9.17, 15) is 9.59 Å². The van der Waals surface area contributed by atoms with E-state index in [1.165, 1.54) is 24.9 Å². The van der Waals surface area contributed by atoms with Crippen molar-refractivity contribution in [3.05, 3.63) is 36.7 Å². The van der Waals surface area contributed by atoms with E-state index in [-0.39, 0.29) is 12.4 Å². The summed E-state index contributed by atoms with van der Waals surface area (Å²) >= 11 is 0. The van der Waals surface area contributed by atoms with Crippen LogP contribution in [0.25, 0.3) is 0 Å². The Morgan fingerprint density at radius 2 is 2.10 bits per heavy atom. The van der Waals surface area contributed by atoms with Gasteiger partial charge in [0.1, 0.15) is 6.04 Å². The maximum absolute atomic E-state index is 11.7. The first-order chi connectivity index (χ1) is 9.65. The number of carboxylic acids is 1. The van der Waals surface area contributed by atoms with Gasteiger partial charge in [-0.1, -0.05) is 0 Å². The number of aliphatic carboxylic acids is 1. The number of amides is 2. The zero-order chi connectivity index (χ0) is 14.4. The van der Waals surface area contributed by atoms with Crippen LogP contribution in [-0.2, 0) is 11.2 Å². The van der Waals surface area contributed by atoms with E-state index in [2.05, 4.69) is 30.6 Å². The first-order valence-electron chi connectivity index (χ1n) is 5.70. The van der Waals surface area contributed by atoms with Gasteiger partial charge in [0.25, 0.3) is 0 Å². The molecule has 9 nitrogen and oxygen atoms in total. The Morgan fingerprint density at radius 3 is 2.70 bits per heavy atom. The Hall–Kier alpha value is -2.97. The fourth-order valence-electron chi connectivity index (χ4n) is 1.48. The molecule has 0 aromatic carbocycles. The molecule has 0 spiro atoms. The van der Waals surface area contributed by atoms with Gasteiger partial charge >= 0.3 is 12.0 Å². The third kappa shape index (κ3) is 3.77. The van der Waals surface area contributed by atoms with Gasteiger partial charge in [-0.05, 0) is 6.07 Å². The number of rotatable bonds is 5. The van der Waals surface area contributed by atoms with Crippen molar-refractivity contribution >= 4 is 17.9 Å². The summed E-state index contributed by atoms with van der Waals surface area (Å²) in [4.78, 5) is 36.9. The van der Waals surface area contributed by atoms with Crippen LogP contribution >= 0.6 is 0 Å². The summed E-state index contributed by atoms with van der Waals surface area (Å²) in [6, 6.07) is -0.177. The lowest BCUT2D eigenvalue weighted by Crippen LogP contribution is -2.44. The number of nitrogens with zero attached hydrogens (tertiary/aromatic N) is 3. The SMILES string of the molecule is O=C(Nc1ncccn1)N[C@H](Cc1cnc[nH]1)C(=O)O. The Bertz CT molecular complexity index is 571. The van der Waals surface area contributed by atoms with Gasteiger partial charge in [0.2, 0.25) is 5.95 Å². The third-order valence-corrected chi connectivity index (χ3v) is 2.37. The number of hydrogen-bond donors (Lipinski definition) is 4. The van der Waals surface area contributed by atoms with Crippen LogP contribution in [0, 0.1) is 0 Å². The van der Waals surface area contributed by atoms with Gasteiger partial charge in [-0.2, -0.15) is 0 Å². The maximum atomic E-state index is 11.7. The minimum Gasteiger partial charge on any atom is -0.480 e. The highest BCUT2D eigenvalue weighted by atomic mass is 16.4. The molecule has 2 amide bonds. The van der Waals surface area contributed by atoms with E-state index in [1.807, 2.05) is 0 Å². The van der Waals surface area contributed by atoms with E-state index >= 15 is 0 Å². The van der Waals surface area contributed by atoms with E-state index in [1.54, 1.807) is 6.07 Å². The minimum absolute atomic E-state index is 0.0932. The van der Waals surface area contributed by atoms with Crippen LogP contribution in [-0.4, -0.2) is 43.1 Å². The molecule has 0 aliphatic carbocycles. The summed E-state index contributed by atoms with van der Waals surface area (Å²) in [5.74, 6) is -1.06. The number of carbonyl (C=O) groups is 2. The van der Waals surface area contributed by atoms with Gasteiger partial charge < -0.3 is 15.4 Å². The average molecular weight is 276 g/mol. The van der Waals surface area contributed by atoms with E-state index < -0.39 is 18.0 Å². The topological polar surface area (TPSA) is 133 Å². The third-order valence-electron chi connectivity index (χ3n) is 2.37. The second-order valence-corrected chi connectivity index (χ2v) is 3.84. The van der Waals surface area contributed by atoms with Crippen LogP contribution in [0.15, 0.2) is 31.0 Å². The van der Waals surface area contributed by atoms with Crippen molar-refractivity contribution in [3.63, 3.8) is 0 Å². The lowest BCUT2D eigenvalue weighted by atomic mass is 10.2. The monoisotopic (exact) mass is 276 g/mol. The zero-order valence-electron chi connectivity index (χ0n) is 10.3. The molecule has 104 valence electrons. The number of carbonyl (C=O) groups excluding carboxylic acids is 1. The second-order valence-electron chi connectivity index (χ2n) is 3.84. The van der Waals surface area contributed by atoms with Gasteiger partial charge in [-0.25, -0.2) is 24.5 Å². The van der Waals surface area contributed by atoms with Crippen LogP contribution in [0.5, 0.6) is 0 Å². The van der Waals surface area contributed by atoms with Crippen LogP contribution < -0.4 is 10.6 Å². The van der Waals surface area contributed by atoms with Crippen molar-refractivity contribution in [1.29, 1.82) is 0 Å². The summed E-state index contributed by atoms with van der Waals surface area (Å²) in [5, 5.41) is 13.8.